The van der Waals surface area contributed by atoms with Gasteiger partial charge in [-0.1, -0.05) is 30.7 Å². The number of ether oxygens (including phenoxy) is 3. The zero-order chi connectivity index (χ0) is 25.6. The molecule has 0 radical (unpaired) electrons. The second-order valence-electron chi connectivity index (χ2n) is 9.79. The van der Waals surface area contributed by atoms with E-state index in [-0.39, 0.29) is 11.7 Å². The van der Waals surface area contributed by atoms with Gasteiger partial charge in [0.15, 0.2) is 5.78 Å². The molecule has 5 nitrogen and oxygen atoms in total. The van der Waals surface area contributed by atoms with Gasteiger partial charge in [0, 0.05) is 12.1 Å². The molecule has 0 saturated carbocycles. The summed E-state index contributed by atoms with van der Waals surface area (Å²) in [7, 11) is 3.32. The number of methoxy groups -OCH3 is 2. The standard InChI is InChI=1S/C32H35NO4/c1-35-27-11-6-23(7-12-27)26-20-25-10-15-29(36-2)22-30(25)31(21-26)32(34)24-8-13-28(14-9-24)37-19-18-33-16-4-3-5-17-33/h6-15,20,22,31H,3-5,16-19,21H2,1-2H3. The number of hydrogen-bond donors (Lipinski definition) is 0. The van der Waals surface area contributed by atoms with Gasteiger partial charge in [-0.2, -0.15) is 0 Å². The van der Waals surface area contributed by atoms with Crippen molar-refractivity contribution >= 4 is 17.4 Å². The van der Waals surface area contributed by atoms with Crippen LogP contribution in [0.5, 0.6) is 17.2 Å². The first-order valence-electron chi connectivity index (χ1n) is 13.2. The summed E-state index contributed by atoms with van der Waals surface area (Å²) in [5.41, 5.74) is 4.98. The van der Waals surface area contributed by atoms with Crippen LogP contribution in [0.15, 0.2) is 66.7 Å². The van der Waals surface area contributed by atoms with Gasteiger partial charge in [-0.15, -0.1) is 0 Å². The molecular formula is C32H35NO4. The fourth-order valence-corrected chi connectivity index (χ4v) is 5.32. The van der Waals surface area contributed by atoms with E-state index in [1.807, 2.05) is 54.6 Å². The minimum absolute atomic E-state index is 0.105. The maximum atomic E-state index is 13.8. The van der Waals surface area contributed by atoms with Crippen LogP contribution in [0, 0.1) is 0 Å². The number of hydrogen-bond acceptors (Lipinski definition) is 5. The van der Waals surface area contributed by atoms with E-state index in [9.17, 15) is 4.79 Å². The molecule has 1 atom stereocenters. The maximum Gasteiger partial charge on any atom is 0.170 e. The second kappa shape index (κ2) is 11.7. The number of carbonyl (C=O) groups is 1. The summed E-state index contributed by atoms with van der Waals surface area (Å²) in [6, 6.07) is 21.6. The molecule has 3 aromatic carbocycles. The van der Waals surface area contributed by atoms with Crippen LogP contribution in [0.4, 0.5) is 0 Å². The van der Waals surface area contributed by atoms with Gasteiger partial charge in [-0.05, 0) is 103 Å². The highest BCUT2D eigenvalue weighted by Crippen LogP contribution is 2.41. The number of benzene rings is 3. The van der Waals surface area contributed by atoms with Crippen molar-refractivity contribution in [3.05, 3.63) is 89.0 Å². The Bertz CT molecular complexity index is 1240. The third-order valence-corrected chi connectivity index (χ3v) is 7.46. The molecule has 0 bridgehead atoms. The normalized spacial score (nSPS) is 17.5. The number of fused-ring (bicyclic) bond motifs is 1. The highest BCUT2D eigenvalue weighted by molar-refractivity contribution is 6.04. The topological polar surface area (TPSA) is 48.0 Å². The second-order valence-corrected chi connectivity index (χ2v) is 9.79. The predicted octanol–water partition coefficient (Wildman–Crippen LogP) is 6.48. The van der Waals surface area contributed by atoms with Crippen molar-refractivity contribution in [2.45, 2.75) is 31.6 Å². The summed E-state index contributed by atoms with van der Waals surface area (Å²) < 4.78 is 16.8. The first kappa shape index (κ1) is 25.1. The number of carbonyl (C=O) groups excluding carboxylic acids is 1. The fraction of sp³-hybridized carbons (Fsp3) is 0.344. The molecule has 192 valence electrons. The molecular weight excluding hydrogens is 462 g/mol. The Kier molecular flexibility index (Phi) is 7.90. The zero-order valence-corrected chi connectivity index (χ0v) is 21.7. The Morgan fingerprint density at radius 2 is 1.51 bits per heavy atom. The number of rotatable bonds is 9. The highest BCUT2D eigenvalue weighted by Gasteiger charge is 2.29. The van der Waals surface area contributed by atoms with Crippen molar-refractivity contribution in [2.24, 2.45) is 0 Å². The molecule has 5 heteroatoms. The quantitative estimate of drug-likeness (QED) is 0.317. The van der Waals surface area contributed by atoms with Crippen LogP contribution < -0.4 is 14.2 Å². The fourth-order valence-electron chi connectivity index (χ4n) is 5.32. The summed E-state index contributed by atoms with van der Waals surface area (Å²) in [4.78, 5) is 16.3. The molecule has 5 rings (SSSR count). The highest BCUT2D eigenvalue weighted by atomic mass is 16.5. The van der Waals surface area contributed by atoms with Crippen molar-refractivity contribution in [1.82, 2.24) is 4.90 Å². The third-order valence-electron chi connectivity index (χ3n) is 7.46. The lowest BCUT2D eigenvalue weighted by Gasteiger charge is -2.26. The predicted molar refractivity (Wildman–Crippen MR) is 148 cm³/mol. The Labute approximate surface area is 219 Å². The van der Waals surface area contributed by atoms with Crippen LogP contribution >= 0.6 is 0 Å². The lowest BCUT2D eigenvalue weighted by Crippen LogP contribution is -2.33. The Balaban J connectivity index is 1.33. The summed E-state index contributed by atoms with van der Waals surface area (Å²) >= 11 is 0. The number of Topliss-reactive ketones (excluding diaryl/α,β-unsaturated/α-hetero) is 1. The molecule has 3 aromatic rings. The molecule has 1 aliphatic carbocycles. The number of piperidine rings is 1. The molecule has 2 aliphatic rings. The summed E-state index contributed by atoms with van der Waals surface area (Å²) in [5.74, 6) is 2.19. The van der Waals surface area contributed by atoms with Gasteiger partial charge >= 0.3 is 0 Å². The lowest BCUT2D eigenvalue weighted by molar-refractivity contribution is 0.0960. The van der Waals surface area contributed by atoms with Gasteiger partial charge in [-0.25, -0.2) is 0 Å². The molecule has 1 heterocycles. The van der Waals surface area contributed by atoms with Crippen molar-refractivity contribution in [2.75, 3.05) is 40.5 Å². The first-order chi connectivity index (χ1) is 18.1. The number of likely N-dealkylation sites (tertiary alicyclic amines) is 1. The third kappa shape index (κ3) is 5.89. The Morgan fingerprint density at radius 3 is 2.22 bits per heavy atom. The van der Waals surface area contributed by atoms with Crippen molar-refractivity contribution in [1.29, 1.82) is 0 Å². The molecule has 0 N–H and O–H groups in total. The van der Waals surface area contributed by atoms with Crippen LogP contribution in [0.25, 0.3) is 11.6 Å². The number of allylic oxidation sites excluding steroid dienone is 1. The molecule has 1 aliphatic heterocycles. The van der Waals surface area contributed by atoms with E-state index in [1.165, 1.54) is 19.3 Å². The number of ketones is 1. The largest absolute Gasteiger partial charge is 0.497 e. The summed E-state index contributed by atoms with van der Waals surface area (Å²) in [6.45, 7) is 3.94. The smallest absolute Gasteiger partial charge is 0.170 e. The average Bonchev–Trinajstić information content (AvgIpc) is 2.97. The van der Waals surface area contributed by atoms with Crippen LogP contribution in [0.2, 0.25) is 0 Å². The monoisotopic (exact) mass is 497 g/mol. The van der Waals surface area contributed by atoms with Gasteiger partial charge in [0.05, 0.1) is 20.1 Å². The van der Waals surface area contributed by atoms with E-state index in [0.717, 1.165) is 59.1 Å². The first-order valence-corrected chi connectivity index (χ1v) is 13.2. The van der Waals surface area contributed by atoms with E-state index >= 15 is 0 Å². The van der Waals surface area contributed by atoms with E-state index in [1.54, 1.807) is 14.2 Å². The van der Waals surface area contributed by atoms with E-state index in [4.69, 9.17) is 14.2 Å². The Morgan fingerprint density at radius 1 is 0.838 bits per heavy atom. The maximum absolute atomic E-state index is 13.8. The minimum atomic E-state index is -0.293. The van der Waals surface area contributed by atoms with Crippen molar-refractivity contribution in [3.8, 4) is 17.2 Å². The Hall–Kier alpha value is -3.57. The zero-order valence-electron chi connectivity index (χ0n) is 21.7. The summed E-state index contributed by atoms with van der Waals surface area (Å²) in [6.07, 6.45) is 6.70. The van der Waals surface area contributed by atoms with Crippen molar-refractivity contribution < 1.29 is 19.0 Å². The number of nitrogens with zero attached hydrogens (tertiary/aromatic N) is 1. The summed E-state index contributed by atoms with van der Waals surface area (Å²) in [5, 5.41) is 0. The van der Waals surface area contributed by atoms with E-state index in [2.05, 4.69) is 23.1 Å². The molecule has 1 unspecified atom stereocenters. The molecule has 1 fully saturated rings. The van der Waals surface area contributed by atoms with E-state index < -0.39 is 0 Å². The van der Waals surface area contributed by atoms with Gasteiger partial charge in [0.2, 0.25) is 0 Å². The van der Waals surface area contributed by atoms with Crippen LogP contribution in [0.3, 0.4) is 0 Å². The van der Waals surface area contributed by atoms with Crippen molar-refractivity contribution in [3.63, 3.8) is 0 Å². The minimum Gasteiger partial charge on any atom is -0.497 e. The molecule has 37 heavy (non-hydrogen) atoms. The molecule has 0 aromatic heterocycles. The van der Waals surface area contributed by atoms with Crippen LogP contribution in [-0.2, 0) is 0 Å². The van der Waals surface area contributed by atoms with Gasteiger partial charge in [0.1, 0.15) is 23.9 Å². The van der Waals surface area contributed by atoms with Crippen LogP contribution in [-0.4, -0.2) is 51.1 Å². The lowest BCUT2D eigenvalue weighted by atomic mass is 9.77. The SMILES string of the molecule is COc1ccc(C2=Cc3ccc(OC)cc3C(C(=O)c3ccc(OCCN4CCCCC4)cc3)C2)cc1. The van der Waals surface area contributed by atoms with Gasteiger partial charge in [0.25, 0.3) is 0 Å². The van der Waals surface area contributed by atoms with Crippen LogP contribution in [0.1, 0.15) is 58.6 Å². The van der Waals surface area contributed by atoms with Gasteiger partial charge < -0.3 is 14.2 Å². The van der Waals surface area contributed by atoms with E-state index in [0.29, 0.717) is 18.6 Å². The van der Waals surface area contributed by atoms with Gasteiger partial charge in [-0.3, -0.25) is 9.69 Å². The average molecular weight is 498 g/mol. The molecule has 1 saturated heterocycles. The molecule has 0 amide bonds. The molecule has 0 spiro atoms.